The number of benzene rings is 2. The van der Waals surface area contributed by atoms with Crippen LogP contribution in [0.1, 0.15) is 22.3 Å². The van der Waals surface area contributed by atoms with Gasteiger partial charge in [0.1, 0.15) is 5.66 Å². The molecule has 0 aliphatic carbocycles. The number of hydrogen-bond acceptors (Lipinski definition) is 2. The van der Waals surface area contributed by atoms with E-state index in [1.54, 1.807) is 0 Å². The maximum atomic E-state index is 6.39. The Morgan fingerprint density at radius 1 is 0.947 bits per heavy atom. The van der Waals surface area contributed by atoms with Crippen molar-refractivity contribution in [2.45, 2.75) is 19.5 Å². The predicted molar refractivity (Wildman–Crippen MR) is 86.9 cm³/mol. The fraction of sp³-hybridized carbons (Fsp3) is 0.200. The molecule has 0 amide bonds. The predicted octanol–water partition coefficient (Wildman–Crippen LogP) is 3.95. The largest absolute Gasteiger partial charge is 0.306 e. The lowest BCUT2D eigenvalue weighted by Gasteiger charge is -2.29. The van der Waals surface area contributed by atoms with Crippen LogP contribution in [0.25, 0.3) is 0 Å². The minimum absolute atomic E-state index is 0.895. The van der Waals surface area contributed by atoms with Crippen LogP contribution in [0.15, 0.2) is 45.3 Å². The zero-order chi connectivity index (χ0) is 14.2. The van der Waals surface area contributed by atoms with Crippen LogP contribution in [0.3, 0.4) is 0 Å². The van der Waals surface area contributed by atoms with Gasteiger partial charge in [-0.25, -0.2) is 0 Å². The summed E-state index contributed by atoms with van der Waals surface area (Å²) in [5.41, 5.74) is 15.8. The highest BCUT2D eigenvalue weighted by atomic mass is 79.9. The van der Waals surface area contributed by atoms with Crippen molar-refractivity contribution in [3.8, 4) is 0 Å². The van der Waals surface area contributed by atoms with E-state index in [-0.39, 0.29) is 0 Å². The van der Waals surface area contributed by atoms with Gasteiger partial charge >= 0.3 is 0 Å². The van der Waals surface area contributed by atoms with Gasteiger partial charge in [-0.15, -0.1) is 0 Å². The van der Waals surface area contributed by atoms with E-state index in [1.807, 2.05) is 43.3 Å². The minimum Gasteiger partial charge on any atom is -0.306 e. The van der Waals surface area contributed by atoms with Crippen LogP contribution in [0.4, 0.5) is 0 Å². The molecule has 2 nitrogen and oxygen atoms in total. The normalized spacial score (nSPS) is 11.7. The number of rotatable bonds is 2. The van der Waals surface area contributed by atoms with Crippen molar-refractivity contribution in [3.63, 3.8) is 0 Å². The molecule has 0 bridgehead atoms. The van der Waals surface area contributed by atoms with Crippen molar-refractivity contribution in [3.05, 3.63) is 67.6 Å². The van der Waals surface area contributed by atoms with E-state index in [9.17, 15) is 0 Å². The topological polar surface area (TPSA) is 52.0 Å². The Hall–Kier alpha value is -0.680. The lowest BCUT2D eigenvalue weighted by molar-refractivity contribution is 0.562. The van der Waals surface area contributed by atoms with Crippen LogP contribution in [-0.2, 0) is 5.66 Å². The molecular formula is C15H16Br2N2. The van der Waals surface area contributed by atoms with Crippen LogP contribution in [0.2, 0.25) is 0 Å². The molecule has 0 aliphatic heterocycles. The lowest BCUT2D eigenvalue weighted by Crippen LogP contribution is -2.47. The molecule has 0 spiro atoms. The Bertz CT molecular complexity index is 607. The molecule has 0 saturated heterocycles. The molecule has 2 aromatic rings. The maximum absolute atomic E-state index is 6.39. The highest BCUT2D eigenvalue weighted by molar-refractivity contribution is 9.13. The van der Waals surface area contributed by atoms with E-state index in [4.69, 9.17) is 11.5 Å². The highest BCUT2D eigenvalue weighted by Gasteiger charge is 2.27. The second-order valence-electron chi connectivity index (χ2n) is 4.70. The fourth-order valence-corrected chi connectivity index (χ4v) is 3.08. The molecule has 4 heteroatoms. The summed E-state index contributed by atoms with van der Waals surface area (Å²) in [6.45, 7) is 4.09. The van der Waals surface area contributed by atoms with Gasteiger partial charge in [0.2, 0.25) is 0 Å². The van der Waals surface area contributed by atoms with E-state index in [0.29, 0.717) is 0 Å². The summed E-state index contributed by atoms with van der Waals surface area (Å²) in [6.07, 6.45) is 0. The van der Waals surface area contributed by atoms with Crippen LogP contribution in [0, 0.1) is 13.8 Å². The van der Waals surface area contributed by atoms with Crippen molar-refractivity contribution in [1.82, 2.24) is 0 Å². The molecule has 2 rings (SSSR count). The van der Waals surface area contributed by atoms with Crippen LogP contribution in [-0.4, -0.2) is 0 Å². The summed E-state index contributed by atoms with van der Waals surface area (Å²) >= 11 is 7.10. The van der Waals surface area contributed by atoms with Crippen molar-refractivity contribution < 1.29 is 0 Å². The van der Waals surface area contributed by atoms with Crippen LogP contribution < -0.4 is 11.5 Å². The number of nitrogens with two attached hydrogens (primary N) is 2. The zero-order valence-corrected chi connectivity index (χ0v) is 14.0. The second-order valence-corrected chi connectivity index (χ2v) is 6.35. The molecule has 2 aromatic carbocycles. The molecule has 0 heterocycles. The van der Waals surface area contributed by atoms with Crippen molar-refractivity contribution in [2.24, 2.45) is 11.5 Å². The lowest BCUT2D eigenvalue weighted by atomic mass is 9.88. The Kier molecular flexibility index (Phi) is 4.16. The molecule has 0 unspecified atom stereocenters. The Balaban J connectivity index is 2.65. The van der Waals surface area contributed by atoms with E-state index in [2.05, 4.69) is 38.8 Å². The number of halogens is 2. The summed E-state index contributed by atoms with van der Waals surface area (Å²) in [7, 11) is 0. The van der Waals surface area contributed by atoms with E-state index in [0.717, 1.165) is 31.2 Å². The molecule has 100 valence electrons. The Labute approximate surface area is 130 Å². The van der Waals surface area contributed by atoms with Crippen LogP contribution in [0.5, 0.6) is 0 Å². The molecule has 0 radical (unpaired) electrons. The Morgan fingerprint density at radius 2 is 1.53 bits per heavy atom. The first-order chi connectivity index (χ1) is 8.85. The third kappa shape index (κ3) is 2.63. The summed E-state index contributed by atoms with van der Waals surface area (Å²) < 4.78 is 2.00. The van der Waals surface area contributed by atoms with Gasteiger partial charge in [0.25, 0.3) is 0 Å². The third-order valence-corrected chi connectivity index (χ3v) is 5.65. The Morgan fingerprint density at radius 3 is 2.11 bits per heavy atom. The maximum Gasteiger partial charge on any atom is 0.117 e. The van der Waals surface area contributed by atoms with Gasteiger partial charge in [-0.2, -0.15) is 0 Å². The first-order valence-electron chi connectivity index (χ1n) is 5.94. The number of hydrogen-bond donors (Lipinski definition) is 2. The summed E-state index contributed by atoms with van der Waals surface area (Å²) in [6, 6.07) is 11.7. The fourth-order valence-electron chi connectivity index (χ4n) is 2.14. The van der Waals surface area contributed by atoms with Gasteiger partial charge in [-0.1, -0.05) is 30.3 Å². The first-order valence-corrected chi connectivity index (χ1v) is 7.53. The summed E-state index contributed by atoms with van der Waals surface area (Å²) in [4.78, 5) is 0. The summed E-state index contributed by atoms with van der Waals surface area (Å²) in [5, 5.41) is 0. The van der Waals surface area contributed by atoms with Crippen molar-refractivity contribution in [2.75, 3.05) is 0 Å². The SMILES string of the molecule is Cc1c(C(N)(N)c2ccccc2)cc(Br)c(Br)c1C. The average Bonchev–Trinajstić information content (AvgIpc) is 2.41. The van der Waals surface area contributed by atoms with E-state index < -0.39 is 5.66 Å². The summed E-state index contributed by atoms with van der Waals surface area (Å²) in [5.74, 6) is 0. The third-order valence-electron chi connectivity index (χ3n) is 3.47. The van der Waals surface area contributed by atoms with Crippen LogP contribution >= 0.6 is 31.9 Å². The van der Waals surface area contributed by atoms with Crippen molar-refractivity contribution >= 4 is 31.9 Å². The van der Waals surface area contributed by atoms with E-state index >= 15 is 0 Å². The van der Waals surface area contributed by atoms with Gasteiger partial charge in [0.15, 0.2) is 0 Å². The van der Waals surface area contributed by atoms with Gasteiger partial charge < -0.3 is 11.5 Å². The first kappa shape index (κ1) is 14.7. The minimum atomic E-state index is -1.00. The van der Waals surface area contributed by atoms with Crippen molar-refractivity contribution in [1.29, 1.82) is 0 Å². The van der Waals surface area contributed by atoms with E-state index in [1.165, 1.54) is 0 Å². The molecular weight excluding hydrogens is 368 g/mol. The molecule has 4 N–H and O–H groups in total. The zero-order valence-electron chi connectivity index (χ0n) is 10.9. The molecule has 0 saturated carbocycles. The van der Waals surface area contributed by atoms with Gasteiger partial charge in [-0.05, 0) is 74.0 Å². The molecule has 0 aliphatic rings. The average molecular weight is 384 g/mol. The van der Waals surface area contributed by atoms with Gasteiger partial charge in [0.05, 0.1) is 0 Å². The monoisotopic (exact) mass is 382 g/mol. The quantitative estimate of drug-likeness (QED) is 0.771. The highest BCUT2D eigenvalue weighted by Crippen LogP contribution is 2.35. The van der Waals surface area contributed by atoms with Gasteiger partial charge in [-0.3, -0.25) is 0 Å². The molecule has 0 aromatic heterocycles. The second kappa shape index (κ2) is 5.37. The standard InChI is InChI=1S/C15H16Br2N2/c1-9-10(2)14(17)13(16)8-12(9)15(18,19)11-6-4-3-5-7-11/h3-8H,18-19H2,1-2H3. The molecule has 19 heavy (non-hydrogen) atoms. The molecule has 0 atom stereocenters. The van der Waals surface area contributed by atoms with Gasteiger partial charge in [0, 0.05) is 8.95 Å². The smallest absolute Gasteiger partial charge is 0.117 e. The molecule has 0 fully saturated rings.